The van der Waals surface area contributed by atoms with Gasteiger partial charge in [0.15, 0.2) is 0 Å². The van der Waals surface area contributed by atoms with E-state index in [9.17, 15) is 24.3 Å². The van der Waals surface area contributed by atoms with Crippen molar-refractivity contribution in [3.63, 3.8) is 0 Å². The predicted octanol–water partition coefficient (Wildman–Crippen LogP) is 2.68. The molecule has 0 radical (unpaired) electrons. The van der Waals surface area contributed by atoms with Crippen molar-refractivity contribution >= 4 is 24.1 Å². The standard InChI is InChI=1S/C21H22N2O7/c22-18(24)12-11-17(19(25)26)23(20(27)29-13-15-7-3-1-4-8-15)21(28)30-14-16-9-5-2-6-10-16/h1-10,17H,11-14H2,(H2,22,24)(H,25,26)/t17-/m0/s1. The molecule has 0 heterocycles. The Morgan fingerprint density at radius 2 is 1.27 bits per heavy atom. The number of ether oxygens (including phenoxy) is 2. The van der Waals surface area contributed by atoms with Gasteiger partial charge in [0.25, 0.3) is 0 Å². The molecule has 0 fully saturated rings. The van der Waals surface area contributed by atoms with Crippen LogP contribution in [0, 0.1) is 0 Å². The smallest absolute Gasteiger partial charge is 0.420 e. The largest absolute Gasteiger partial charge is 0.480 e. The molecule has 2 rings (SSSR count). The number of imide groups is 1. The number of primary amides is 1. The van der Waals surface area contributed by atoms with Crippen LogP contribution in [-0.2, 0) is 32.3 Å². The Kier molecular flexibility index (Phi) is 8.37. The average molecular weight is 414 g/mol. The van der Waals surface area contributed by atoms with E-state index in [0.29, 0.717) is 16.0 Å². The third kappa shape index (κ3) is 6.93. The quantitative estimate of drug-likeness (QED) is 0.644. The minimum atomic E-state index is -1.68. The fourth-order valence-electron chi connectivity index (χ4n) is 2.55. The highest BCUT2D eigenvalue weighted by molar-refractivity contribution is 5.93. The van der Waals surface area contributed by atoms with Crippen LogP contribution in [0.4, 0.5) is 9.59 Å². The van der Waals surface area contributed by atoms with Crippen LogP contribution >= 0.6 is 0 Å². The maximum Gasteiger partial charge on any atom is 0.420 e. The molecule has 9 heteroatoms. The van der Waals surface area contributed by atoms with Crippen molar-refractivity contribution in [3.05, 3.63) is 71.8 Å². The molecule has 1 atom stereocenters. The van der Waals surface area contributed by atoms with Gasteiger partial charge < -0.3 is 20.3 Å². The highest BCUT2D eigenvalue weighted by atomic mass is 16.6. The molecule has 3 N–H and O–H groups in total. The number of aliphatic carboxylic acids is 1. The molecular formula is C21H22N2O7. The predicted molar refractivity (Wildman–Crippen MR) is 105 cm³/mol. The summed E-state index contributed by atoms with van der Waals surface area (Å²) in [4.78, 5) is 48.3. The molecule has 2 aromatic rings. The Hall–Kier alpha value is -3.88. The van der Waals surface area contributed by atoms with Crippen LogP contribution < -0.4 is 5.73 Å². The van der Waals surface area contributed by atoms with E-state index in [2.05, 4.69) is 0 Å². The summed E-state index contributed by atoms with van der Waals surface area (Å²) in [5.74, 6) is -2.26. The van der Waals surface area contributed by atoms with E-state index in [1.807, 2.05) is 0 Å². The van der Waals surface area contributed by atoms with E-state index < -0.39 is 30.1 Å². The molecular weight excluding hydrogens is 392 g/mol. The van der Waals surface area contributed by atoms with Gasteiger partial charge in [-0.15, -0.1) is 0 Å². The average Bonchev–Trinajstić information content (AvgIpc) is 2.74. The van der Waals surface area contributed by atoms with Crippen LogP contribution in [0.15, 0.2) is 60.7 Å². The number of carboxylic acids is 1. The molecule has 2 aromatic carbocycles. The summed E-state index contributed by atoms with van der Waals surface area (Å²) in [6, 6.07) is 15.6. The number of nitrogens with two attached hydrogens (primary N) is 1. The van der Waals surface area contributed by atoms with E-state index in [4.69, 9.17) is 15.2 Å². The van der Waals surface area contributed by atoms with E-state index in [0.717, 1.165) is 0 Å². The summed E-state index contributed by atoms with van der Waals surface area (Å²) in [6.45, 7) is -0.353. The zero-order valence-corrected chi connectivity index (χ0v) is 16.1. The summed E-state index contributed by atoms with van der Waals surface area (Å²) in [6.07, 6.45) is -3.11. The zero-order chi connectivity index (χ0) is 21.9. The third-order valence-corrected chi connectivity index (χ3v) is 4.06. The van der Waals surface area contributed by atoms with Gasteiger partial charge in [-0.3, -0.25) is 4.79 Å². The lowest BCUT2D eigenvalue weighted by Gasteiger charge is -2.25. The summed E-state index contributed by atoms with van der Waals surface area (Å²) in [5, 5.41) is 9.52. The number of nitrogens with zero attached hydrogens (tertiary/aromatic N) is 1. The van der Waals surface area contributed by atoms with Crippen molar-refractivity contribution < 1.29 is 33.8 Å². The van der Waals surface area contributed by atoms with Crippen LogP contribution in [0.1, 0.15) is 24.0 Å². The minimum absolute atomic E-state index is 0.176. The van der Waals surface area contributed by atoms with Crippen LogP contribution in [0.25, 0.3) is 0 Å². The monoisotopic (exact) mass is 414 g/mol. The first-order valence-electron chi connectivity index (χ1n) is 9.10. The lowest BCUT2D eigenvalue weighted by atomic mass is 10.1. The normalized spacial score (nSPS) is 11.2. The highest BCUT2D eigenvalue weighted by Gasteiger charge is 2.37. The van der Waals surface area contributed by atoms with E-state index in [-0.39, 0.29) is 26.1 Å². The van der Waals surface area contributed by atoms with Gasteiger partial charge in [0, 0.05) is 6.42 Å². The van der Waals surface area contributed by atoms with E-state index >= 15 is 0 Å². The molecule has 0 aliphatic rings. The second-order valence-electron chi connectivity index (χ2n) is 6.31. The van der Waals surface area contributed by atoms with Gasteiger partial charge in [-0.1, -0.05) is 60.7 Å². The molecule has 30 heavy (non-hydrogen) atoms. The summed E-state index contributed by atoms with van der Waals surface area (Å²) < 4.78 is 10.2. The van der Waals surface area contributed by atoms with E-state index in [1.165, 1.54) is 0 Å². The zero-order valence-electron chi connectivity index (χ0n) is 16.1. The summed E-state index contributed by atoms with van der Waals surface area (Å²) in [7, 11) is 0. The second kappa shape index (κ2) is 11.2. The fourth-order valence-corrected chi connectivity index (χ4v) is 2.55. The van der Waals surface area contributed by atoms with Crippen molar-refractivity contribution in [3.8, 4) is 0 Å². The first-order chi connectivity index (χ1) is 14.4. The number of carbonyl (C=O) groups excluding carboxylic acids is 3. The first kappa shape index (κ1) is 22.4. The number of hydrogen-bond donors (Lipinski definition) is 2. The lowest BCUT2D eigenvalue weighted by Crippen LogP contribution is -2.49. The first-order valence-corrected chi connectivity index (χ1v) is 9.10. The second-order valence-corrected chi connectivity index (χ2v) is 6.31. The molecule has 0 bridgehead atoms. The van der Waals surface area contributed by atoms with Gasteiger partial charge in [0.2, 0.25) is 5.91 Å². The van der Waals surface area contributed by atoms with Gasteiger partial charge in [0.05, 0.1) is 0 Å². The van der Waals surface area contributed by atoms with Crippen molar-refractivity contribution in [2.45, 2.75) is 32.1 Å². The topological polar surface area (TPSA) is 136 Å². The Morgan fingerprint density at radius 1 is 0.833 bits per heavy atom. The lowest BCUT2D eigenvalue weighted by molar-refractivity contribution is -0.142. The summed E-state index contributed by atoms with van der Waals surface area (Å²) in [5.41, 5.74) is 6.37. The van der Waals surface area contributed by atoms with Crippen LogP contribution in [0.2, 0.25) is 0 Å². The Bertz CT molecular complexity index is 816. The SMILES string of the molecule is NC(=O)CC[C@@H](C(=O)O)N(C(=O)OCc1ccccc1)C(=O)OCc1ccccc1. The minimum Gasteiger partial charge on any atom is -0.480 e. The molecule has 3 amide bonds. The third-order valence-electron chi connectivity index (χ3n) is 4.06. The Balaban J connectivity index is 2.15. The number of benzene rings is 2. The molecule has 0 unspecified atom stereocenters. The molecule has 0 aliphatic heterocycles. The number of carbonyl (C=O) groups is 4. The Morgan fingerprint density at radius 3 is 1.63 bits per heavy atom. The number of rotatable bonds is 9. The number of hydrogen-bond acceptors (Lipinski definition) is 6. The van der Waals surface area contributed by atoms with Crippen molar-refractivity contribution in [2.75, 3.05) is 0 Å². The van der Waals surface area contributed by atoms with E-state index in [1.54, 1.807) is 60.7 Å². The van der Waals surface area contributed by atoms with Crippen LogP contribution in [0.5, 0.6) is 0 Å². The molecule has 0 aliphatic carbocycles. The van der Waals surface area contributed by atoms with Crippen LogP contribution in [0.3, 0.4) is 0 Å². The fraction of sp³-hybridized carbons (Fsp3) is 0.238. The molecule has 0 aromatic heterocycles. The molecule has 0 saturated heterocycles. The molecule has 9 nitrogen and oxygen atoms in total. The molecule has 0 spiro atoms. The number of carboxylic acid groups (broad SMARTS) is 1. The number of amides is 3. The highest BCUT2D eigenvalue weighted by Crippen LogP contribution is 2.15. The van der Waals surface area contributed by atoms with Crippen molar-refractivity contribution in [1.29, 1.82) is 0 Å². The van der Waals surface area contributed by atoms with Gasteiger partial charge in [-0.05, 0) is 17.5 Å². The van der Waals surface area contributed by atoms with Gasteiger partial charge in [0.1, 0.15) is 19.3 Å². The van der Waals surface area contributed by atoms with Crippen molar-refractivity contribution in [2.24, 2.45) is 5.73 Å². The summed E-state index contributed by atoms with van der Waals surface area (Å²) >= 11 is 0. The van der Waals surface area contributed by atoms with Gasteiger partial charge >= 0.3 is 18.2 Å². The van der Waals surface area contributed by atoms with Crippen LogP contribution in [-0.4, -0.2) is 40.1 Å². The maximum absolute atomic E-state index is 12.6. The van der Waals surface area contributed by atoms with Gasteiger partial charge in [-0.25, -0.2) is 14.4 Å². The molecule has 158 valence electrons. The maximum atomic E-state index is 12.6. The Labute approximate surface area is 173 Å². The van der Waals surface area contributed by atoms with Crippen molar-refractivity contribution in [1.82, 2.24) is 4.90 Å². The molecule has 0 saturated carbocycles. The van der Waals surface area contributed by atoms with Gasteiger partial charge in [-0.2, -0.15) is 4.90 Å².